The van der Waals surface area contributed by atoms with Crippen molar-refractivity contribution in [2.75, 3.05) is 13.2 Å². The van der Waals surface area contributed by atoms with Crippen LogP contribution in [-0.4, -0.2) is 35.2 Å². The molecular formula is C16H19NO4. The third kappa shape index (κ3) is 3.62. The number of carbonyl (C=O) groups is 2. The molecule has 1 heterocycles. The first-order chi connectivity index (χ1) is 10.1. The highest BCUT2D eigenvalue weighted by Crippen LogP contribution is 2.31. The number of piperidine rings is 1. The van der Waals surface area contributed by atoms with E-state index in [2.05, 4.69) is 6.58 Å². The van der Waals surface area contributed by atoms with Crippen molar-refractivity contribution in [3.63, 3.8) is 0 Å². The van der Waals surface area contributed by atoms with Crippen LogP contribution in [0.3, 0.4) is 0 Å². The van der Waals surface area contributed by atoms with E-state index >= 15 is 0 Å². The van der Waals surface area contributed by atoms with Gasteiger partial charge in [-0.1, -0.05) is 24.8 Å². The van der Waals surface area contributed by atoms with Gasteiger partial charge >= 0.3 is 12.1 Å². The Morgan fingerprint density at radius 2 is 2.24 bits per heavy atom. The van der Waals surface area contributed by atoms with Gasteiger partial charge < -0.3 is 14.7 Å². The number of hydrogen-bond donors (Lipinski definition) is 1. The fraction of sp³-hybridized carbons (Fsp3) is 0.375. The molecule has 0 bridgehead atoms. The molecule has 0 radical (unpaired) electrons. The number of benzene rings is 1. The summed E-state index contributed by atoms with van der Waals surface area (Å²) in [7, 11) is 0. The van der Waals surface area contributed by atoms with Crippen LogP contribution < -0.4 is 0 Å². The third-order valence-corrected chi connectivity index (χ3v) is 3.58. The number of likely N-dealkylation sites (tertiary alicyclic amines) is 1. The maximum Gasteiger partial charge on any atom is 0.410 e. The minimum atomic E-state index is -0.964. The number of rotatable bonds is 4. The Morgan fingerprint density at radius 3 is 2.95 bits per heavy atom. The molecule has 21 heavy (non-hydrogen) atoms. The number of hydrogen-bond acceptors (Lipinski definition) is 3. The fourth-order valence-electron chi connectivity index (χ4n) is 2.59. The van der Waals surface area contributed by atoms with Crippen molar-refractivity contribution >= 4 is 12.1 Å². The highest BCUT2D eigenvalue weighted by atomic mass is 16.6. The van der Waals surface area contributed by atoms with Crippen LogP contribution >= 0.6 is 0 Å². The molecular weight excluding hydrogens is 270 g/mol. The first-order valence-electron chi connectivity index (χ1n) is 7.01. The zero-order valence-corrected chi connectivity index (χ0v) is 11.8. The molecule has 112 valence electrons. The predicted octanol–water partition coefficient (Wildman–Crippen LogP) is 3.23. The van der Waals surface area contributed by atoms with Crippen molar-refractivity contribution in [3.8, 4) is 0 Å². The van der Waals surface area contributed by atoms with Crippen LogP contribution in [0.25, 0.3) is 0 Å². The van der Waals surface area contributed by atoms with Crippen molar-refractivity contribution in [1.82, 2.24) is 4.90 Å². The van der Waals surface area contributed by atoms with E-state index < -0.39 is 5.97 Å². The Hall–Kier alpha value is -2.30. The van der Waals surface area contributed by atoms with Gasteiger partial charge in [0, 0.05) is 6.54 Å². The molecule has 1 N–H and O–H groups in total. The Morgan fingerprint density at radius 1 is 1.43 bits per heavy atom. The van der Waals surface area contributed by atoms with E-state index in [-0.39, 0.29) is 24.3 Å². The van der Waals surface area contributed by atoms with Crippen LogP contribution in [0, 0.1) is 0 Å². The summed E-state index contributed by atoms with van der Waals surface area (Å²) in [6.45, 7) is 4.33. The predicted molar refractivity (Wildman–Crippen MR) is 78.2 cm³/mol. The number of nitrogens with zero attached hydrogens (tertiary/aromatic N) is 1. The summed E-state index contributed by atoms with van der Waals surface area (Å²) < 4.78 is 5.11. The monoisotopic (exact) mass is 289 g/mol. The number of aromatic carboxylic acids is 1. The van der Waals surface area contributed by atoms with Crippen LogP contribution in [-0.2, 0) is 4.74 Å². The maximum atomic E-state index is 12.1. The lowest BCUT2D eigenvalue weighted by molar-refractivity contribution is 0.0696. The van der Waals surface area contributed by atoms with E-state index in [9.17, 15) is 9.59 Å². The largest absolute Gasteiger partial charge is 0.478 e. The lowest BCUT2D eigenvalue weighted by atomic mass is 9.94. The van der Waals surface area contributed by atoms with E-state index in [4.69, 9.17) is 9.84 Å². The van der Waals surface area contributed by atoms with E-state index in [1.807, 2.05) is 6.07 Å². The molecule has 1 aliphatic rings. The molecule has 5 nitrogen and oxygen atoms in total. The first kappa shape index (κ1) is 15.1. The lowest BCUT2D eigenvalue weighted by Crippen LogP contribution is -2.39. The zero-order chi connectivity index (χ0) is 15.2. The molecule has 1 aliphatic heterocycles. The van der Waals surface area contributed by atoms with Crippen molar-refractivity contribution in [2.24, 2.45) is 0 Å². The molecule has 0 saturated carbocycles. The second-order valence-corrected chi connectivity index (χ2v) is 5.00. The normalized spacial score (nSPS) is 18.1. The molecule has 1 aromatic rings. The molecule has 0 aliphatic carbocycles. The number of carboxylic acids is 1. The Kier molecular flexibility index (Phi) is 4.98. The van der Waals surface area contributed by atoms with Gasteiger partial charge in [0.05, 0.1) is 11.6 Å². The Bertz CT molecular complexity index is 541. The van der Waals surface area contributed by atoms with Crippen LogP contribution in [0.15, 0.2) is 36.9 Å². The molecule has 2 rings (SSSR count). The molecule has 1 aromatic carbocycles. The van der Waals surface area contributed by atoms with E-state index in [0.29, 0.717) is 6.54 Å². The summed E-state index contributed by atoms with van der Waals surface area (Å²) in [5.41, 5.74) is 1.07. The van der Waals surface area contributed by atoms with Gasteiger partial charge in [-0.25, -0.2) is 9.59 Å². The number of ether oxygens (including phenoxy) is 1. The third-order valence-electron chi connectivity index (χ3n) is 3.58. The highest BCUT2D eigenvalue weighted by molar-refractivity contribution is 5.87. The summed E-state index contributed by atoms with van der Waals surface area (Å²) in [5.74, 6) is -0.964. The standard InChI is InChI=1S/C16H19NO4/c1-2-10-21-16(20)17-9-4-3-8-14(17)12-6-5-7-13(11-12)15(18)19/h2,5-7,11,14H,1,3-4,8-10H2,(H,18,19). The van der Waals surface area contributed by atoms with Gasteiger partial charge in [-0.3, -0.25) is 0 Å². The molecule has 1 fully saturated rings. The van der Waals surface area contributed by atoms with Gasteiger partial charge in [-0.15, -0.1) is 0 Å². The van der Waals surface area contributed by atoms with Gasteiger partial charge in [-0.05, 0) is 37.0 Å². The molecule has 5 heteroatoms. The van der Waals surface area contributed by atoms with Gasteiger partial charge in [0.2, 0.25) is 0 Å². The van der Waals surface area contributed by atoms with E-state index in [1.54, 1.807) is 23.1 Å². The van der Waals surface area contributed by atoms with Crippen molar-refractivity contribution in [1.29, 1.82) is 0 Å². The van der Waals surface area contributed by atoms with Crippen LogP contribution in [0.4, 0.5) is 4.79 Å². The van der Waals surface area contributed by atoms with E-state index in [1.165, 1.54) is 6.08 Å². The summed E-state index contributed by atoms with van der Waals surface area (Å²) in [6.07, 6.45) is 3.90. The Balaban J connectivity index is 2.21. The van der Waals surface area contributed by atoms with Gasteiger partial charge in [-0.2, -0.15) is 0 Å². The zero-order valence-electron chi connectivity index (χ0n) is 11.8. The number of carbonyl (C=O) groups excluding carboxylic acids is 1. The molecule has 0 aromatic heterocycles. The molecule has 1 amide bonds. The molecule has 0 spiro atoms. The Labute approximate surface area is 123 Å². The topological polar surface area (TPSA) is 66.8 Å². The number of amides is 1. The molecule has 1 saturated heterocycles. The second-order valence-electron chi connectivity index (χ2n) is 5.00. The van der Waals surface area contributed by atoms with Crippen LogP contribution in [0.1, 0.15) is 41.2 Å². The minimum absolute atomic E-state index is 0.129. The quantitative estimate of drug-likeness (QED) is 0.864. The second kappa shape index (κ2) is 6.92. The highest BCUT2D eigenvalue weighted by Gasteiger charge is 2.29. The summed E-state index contributed by atoms with van der Waals surface area (Å²) in [5, 5.41) is 9.08. The molecule has 1 unspecified atom stereocenters. The van der Waals surface area contributed by atoms with Crippen molar-refractivity contribution in [2.45, 2.75) is 25.3 Å². The summed E-state index contributed by atoms with van der Waals surface area (Å²) >= 11 is 0. The fourth-order valence-corrected chi connectivity index (χ4v) is 2.59. The maximum absolute atomic E-state index is 12.1. The summed E-state index contributed by atoms with van der Waals surface area (Å²) in [4.78, 5) is 24.9. The van der Waals surface area contributed by atoms with Gasteiger partial charge in [0.15, 0.2) is 0 Å². The summed E-state index contributed by atoms with van der Waals surface area (Å²) in [6, 6.07) is 6.62. The lowest BCUT2D eigenvalue weighted by Gasteiger charge is -2.35. The smallest absolute Gasteiger partial charge is 0.410 e. The van der Waals surface area contributed by atoms with Crippen molar-refractivity contribution < 1.29 is 19.4 Å². The van der Waals surface area contributed by atoms with Crippen LogP contribution in [0.5, 0.6) is 0 Å². The SMILES string of the molecule is C=CCOC(=O)N1CCCCC1c1cccc(C(=O)O)c1. The average molecular weight is 289 g/mol. The molecule has 1 atom stereocenters. The minimum Gasteiger partial charge on any atom is -0.478 e. The number of carboxylic acid groups (broad SMARTS) is 1. The average Bonchev–Trinajstić information content (AvgIpc) is 2.52. The van der Waals surface area contributed by atoms with Gasteiger partial charge in [0.1, 0.15) is 6.61 Å². The first-order valence-corrected chi connectivity index (χ1v) is 7.01. The van der Waals surface area contributed by atoms with Crippen molar-refractivity contribution in [3.05, 3.63) is 48.0 Å². The van der Waals surface area contributed by atoms with Gasteiger partial charge in [0.25, 0.3) is 0 Å². The van der Waals surface area contributed by atoms with E-state index in [0.717, 1.165) is 24.8 Å². The van der Waals surface area contributed by atoms with Crippen LogP contribution in [0.2, 0.25) is 0 Å².